The number of hydrogen-bond donors (Lipinski definition) is 1. The number of nitrogens with one attached hydrogen (secondary N) is 1. The SMILES string of the molecule is Cc1cccc(S(=O)(=O)NC(=O)c2ccc(-c3cc(F)cc(OCC(C)C)c3)nc2N(C)CC2CC2)n1.[HH].[HH]. The van der Waals surface area contributed by atoms with E-state index in [0.29, 0.717) is 47.6 Å². The molecule has 0 unspecified atom stereocenters. The number of nitrogens with zero attached hydrogens (tertiary/aromatic N) is 3. The molecule has 0 radical (unpaired) electrons. The summed E-state index contributed by atoms with van der Waals surface area (Å²) in [5.41, 5.74) is 1.53. The van der Waals surface area contributed by atoms with E-state index >= 15 is 0 Å². The smallest absolute Gasteiger partial charge is 0.281 e. The molecule has 1 aliphatic carbocycles. The lowest BCUT2D eigenvalue weighted by Crippen LogP contribution is -2.33. The second-order valence-electron chi connectivity index (χ2n) is 9.82. The first-order chi connectivity index (χ1) is 17.5. The minimum atomic E-state index is -4.19. The number of pyridine rings is 2. The van der Waals surface area contributed by atoms with Crippen LogP contribution in [-0.4, -0.2) is 44.5 Å². The van der Waals surface area contributed by atoms with Gasteiger partial charge in [-0.3, -0.25) is 4.79 Å². The molecule has 1 amide bonds. The van der Waals surface area contributed by atoms with E-state index in [4.69, 9.17) is 4.74 Å². The third-order valence-electron chi connectivity index (χ3n) is 5.83. The molecule has 1 fully saturated rings. The van der Waals surface area contributed by atoms with Crippen LogP contribution < -0.4 is 14.4 Å². The molecule has 1 aromatic carbocycles. The van der Waals surface area contributed by atoms with Crippen LogP contribution in [0.4, 0.5) is 10.2 Å². The largest absolute Gasteiger partial charge is 0.493 e. The number of anilines is 1. The number of amides is 1. The summed E-state index contributed by atoms with van der Waals surface area (Å²) in [6.07, 6.45) is 2.17. The molecule has 0 saturated heterocycles. The summed E-state index contributed by atoms with van der Waals surface area (Å²) in [6, 6.07) is 12.0. The molecule has 4 rings (SSSR count). The van der Waals surface area contributed by atoms with Gasteiger partial charge < -0.3 is 9.64 Å². The fourth-order valence-corrected chi connectivity index (χ4v) is 4.79. The van der Waals surface area contributed by atoms with E-state index in [9.17, 15) is 17.6 Å². The second kappa shape index (κ2) is 10.8. The molecule has 0 aliphatic heterocycles. The summed E-state index contributed by atoms with van der Waals surface area (Å²) in [5.74, 6) is 0.165. The monoisotopic (exact) mass is 530 g/mol. The van der Waals surface area contributed by atoms with Gasteiger partial charge in [-0.1, -0.05) is 19.9 Å². The summed E-state index contributed by atoms with van der Waals surface area (Å²) >= 11 is 0. The van der Waals surface area contributed by atoms with E-state index in [1.165, 1.54) is 24.3 Å². The highest BCUT2D eigenvalue weighted by atomic mass is 32.2. The Morgan fingerprint density at radius 3 is 2.62 bits per heavy atom. The van der Waals surface area contributed by atoms with Crippen LogP contribution >= 0.6 is 0 Å². The number of carbonyl (C=O) groups excluding carboxylic acids is 1. The number of benzene rings is 1. The lowest BCUT2D eigenvalue weighted by Gasteiger charge is -2.22. The highest BCUT2D eigenvalue weighted by molar-refractivity contribution is 7.90. The van der Waals surface area contributed by atoms with Crippen LogP contribution in [0.2, 0.25) is 0 Å². The highest BCUT2D eigenvalue weighted by Crippen LogP contribution is 2.33. The summed E-state index contributed by atoms with van der Waals surface area (Å²) in [6.45, 7) is 6.77. The number of sulfonamides is 1. The van der Waals surface area contributed by atoms with Crippen molar-refractivity contribution in [1.82, 2.24) is 14.7 Å². The molecule has 2 heterocycles. The fourth-order valence-electron chi connectivity index (χ4n) is 3.81. The highest BCUT2D eigenvalue weighted by Gasteiger charge is 2.28. The predicted molar refractivity (Wildman–Crippen MR) is 144 cm³/mol. The zero-order valence-corrected chi connectivity index (χ0v) is 22.2. The maximum Gasteiger partial charge on any atom is 0.281 e. The Morgan fingerprint density at radius 1 is 1.19 bits per heavy atom. The molecule has 3 aromatic rings. The molecule has 37 heavy (non-hydrogen) atoms. The van der Waals surface area contributed by atoms with Crippen molar-refractivity contribution < 1.29 is 25.2 Å². The standard InChI is InChI=1S/C27H31FN4O4S.2H2/c1-17(2)16-36-22-13-20(12-21(28)14-22)24-11-10-23(26(30-24)32(4)15-19-8-9-19)27(33)31-37(34,35)25-7-5-6-18(3)29-25;;/h5-7,10-14,17,19H,8-9,15-16H2,1-4H3,(H,31,33);2*1H. The first-order valence-electron chi connectivity index (χ1n) is 12.2. The Balaban J connectivity index is 0.00000267. The Kier molecular flexibility index (Phi) is 7.77. The summed E-state index contributed by atoms with van der Waals surface area (Å²) < 4.78 is 47.9. The van der Waals surface area contributed by atoms with Gasteiger partial charge in [-0.2, -0.15) is 8.42 Å². The fraction of sp³-hybridized carbons (Fsp3) is 0.370. The average Bonchev–Trinajstić information content (AvgIpc) is 3.65. The van der Waals surface area contributed by atoms with Crippen LogP contribution in [0.5, 0.6) is 5.75 Å². The maximum absolute atomic E-state index is 14.4. The van der Waals surface area contributed by atoms with Gasteiger partial charge in [0, 0.05) is 33.8 Å². The van der Waals surface area contributed by atoms with Gasteiger partial charge in [0.25, 0.3) is 15.9 Å². The molecule has 200 valence electrons. The van der Waals surface area contributed by atoms with Gasteiger partial charge in [0.15, 0.2) is 5.03 Å². The van der Waals surface area contributed by atoms with E-state index in [1.807, 2.05) is 18.7 Å². The molecule has 0 spiro atoms. The van der Waals surface area contributed by atoms with Crippen LogP contribution in [0.3, 0.4) is 0 Å². The Bertz CT molecular complexity index is 1420. The van der Waals surface area contributed by atoms with E-state index in [2.05, 4.69) is 14.7 Å². The van der Waals surface area contributed by atoms with Crippen molar-refractivity contribution in [2.75, 3.05) is 25.1 Å². The summed E-state index contributed by atoms with van der Waals surface area (Å²) in [5, 5.41) is -0.244. The van der Waals surface area contributed by atoms with Crippen molar-refractivity contribution in [2.45, 2.75) is 38.6 Å². The first-order valence-corrected chi connectivity index (χ1v) is 13.7. The molecule has 1 aliphatic rings. The molecule has 0 bridgehead atoms. The van der Waals surface area contributed by atoms with E-state index in [0.717, 1.165) is 12.8 Å². The van der Waals surface area contributed by atoms with Crippen LogP contribution in [0, 0.1) is 24.6 Å². The molecular weight excluding hydrogens is 495 g/mol. The van der Waals surface area contributed by atoms with Crippen LogP contribution in [-0.2, 0) is 10.0 Å². The lowest BCUT2D eigenvalue weighted by molar-refractivity contribution is 0.0981. The molecular formula is C27H35FN4O4S. The normalized spacial score (nSPS) is 13.5. The Morgan fingerprint density at radius 2 is 1.95 bits per heavy atom. The first kappa shape index (κ1) is 26.5. The number of aryl methyl sites for hydroxylation is 1. The van der Waals surface area contributed by atoms with Gasteiger partial charge in [0.2, 0.25) is 0 Å². The van der Waals surface area contributed by atoms with Crippen molar-refractivity contribution in [2.24, 2.45) is 11.8 Å². The minimum absolute atomic E-state index is 0. The summed E-state index contributed by atoms with van der Waals surface area (Å²) in [4.78, 5) is 23.7. The number of rotatable bonds is 10. The van der Waals surface area contributed by atoms with Gasteiger partial charge in [-0.05, 0) is 68.0 Å². The molecule has 1 N–H and O–H groups in total. The van der Waals surface area contributed by atoms with Crippen molar-refractivity contribution in [3.63, 3.8) is 0 Å². The van der Waals surface area contributed by atoms with Crippen LogP contribution in [0.25, 0.3) is 11.3 Å². The van der Waals surface area contributed by atoms with Gasteiger partial charge in [0.1, 0.15) is 17.4 Å². The van der Waals surface area contributed by atoms with E-state index in [1.54, 1.807) is 38.2 Å². The van der Waals surface area contributed by atoms with Crippen molar-refractivity contribution >= 4 is 21.7 Å². The number of hydrogen-bond acceptors (Lipinski definition) is 7. The van der Waals surface area contributed by atoms with Crippen molar-refractivity contribution in [1.29, 1.82) is 0 Å². The zero-order valence-electron chi connectivity index (χ0n) is 21.4. The van der Waals surface area contributed by atoms with E-state index < -0.39 is 21.7 Å². The van der Waals surface area contributed by atoms with Crippen molar-refractivity contribution in [3.05, 3.63) is 65.6 Å². The summed E-state index contributed by atoms with van der Waals surface area (Å²) in [7, 11) is -2.39. The maximum atomic E-state index is 14.4. The average molecular weight is 531 g/mol. The van der Waals surface area contributed by atoms with Crippen LogP contribution in [0.1, 0.15) is 45.6 Å². The Hall–Kier alpha value is -3.53. The third kappa shape index (κ3) is 6.82. The molecule has 8 nitrogen and oxygen atoms in total. The quantitative estimate of drug-likeness (QED) is 0.390. The number of halogens is 1. The van der Waals surface area contributed by atoms with Gasteiger partial charge >= 0.3 is 0 Å². The minimum Gasteiger partial charge on any atom is -0.493 e. The zero-order chi connectivity index (χ0) is 26.7. The predicted octanol–water partition coefficient (Wildman–Crippen LogP) is 5.08. The molecule has 1 saturated carbocycles. The Labute approximate surface area is 219 Å². The third-order valence-corrected chi connectivity index (χ3v) is 7.06. The number of ether oxygens (including phenoxy) is 1. The van der Waals surface area contributed by atoms with Crippen molar-refractivity contribution in [3.8, 4) is 17.0 Å². The van der Waals surface area contributed by atoms with Gasteiger partial charge in [-0.15, -0.1) is 0 Å². The molecule has 2 aromatic heterocycles. The van der Waals surface area contributed by atoms with E-state index in [-0.39, 0.29) is 19.4 Å². The second-order valence-corrected chi connectivity index (χ2v) is 11.5. The van der Waals surface area contributed by atoms with Gasteiger partial charge in [0.05, 0.1) is 17.9 Å². The molecule has 10 heteroatoms. The van der Waals surface area contributed by atoms with Crippen LogP contribution in [0.15, 0.2) is 53.6 Å². The van der Waals surface area contributed by atoms with Gasteiger partial charge in [-0.25, -0.2) is 19.1 Å². The molecule has 0 atom stereocenters. The topological polar surface area (TPSA) is 101 Å². The number of aromatic nitrogens is 2. The lowest BCUT2D eigenvalue weighted by atomic mass is 10.1. The number of carbonyl (C=O) groups is 1.